The molecule has 15 heavy (non-hydrogen) atoms. The summed E-state index contributed by atoms with van der Waals surface area (Å²) in [6.07, 6.45) is -1.19. The number of likely N-dealkylation sites (tertiary alicyclic amines) is 1. The molecule has 0 amide bonds. The van der Waals surface area contributed by atoms with Crippen LogP contribution in [0.3, 0.4) is 0 Å². The van der Waals surface area contributed by atoms with Gasteiger partial charge in [-0.05, 0) is 13.0 Å². The Morgan fingerprint density at radius 1 is 1.20 bits per heavy atom. The van der Waals surface area contributed by atoms with Crippen LogP contribution in [0.2, 0.25) is 0 Å². The first kappa shape index (κ1) is 12.9. The zero-order valence-corrected chi connectivity index (χ0v) is 9.08. The van der Waals surface area contributed by atoms with Crippen LogP contribution in [0.15, 0.2) is 0 Å². The van der Waals surface area contributed by atoms with Crippen LogP contribution in [0.4, 0.5) is 0 Å². The SMILES string of the molecule is CCCCN1C[C@@H](O)[C@H](O)[C@H](O)[C@@H]1CO. The summed E-state index contributed by atoms with van der Waals surface area (Å²) in [5.41, 5.74) is 0. The predicted octanol–water partition coefficient (Wildman–Crippen LogP) is -1.45. The zero-order chi connectivity index (χ0) is 11.4. The van der Waals surface area contributed by atoms with Crippen LogP contribution in [0.1, 0.15) is 19.8 Å². The number of rotatable bonds is 4. The number of β-amino-alcohol motifs (C(OH)–C–C–N with tert-alkyl or cyclic N) is 1. The number of hydrogen-bond acceptors (Lipinski definition) is 5. The molecule has 5 nitrogen and oxygen atoms in total. The van der Waals surface area contributed by atoms with Crippen LogP contribution < -0.4 is 0 Å². The summed E-state index contributed by atoms with van der Waals surface area (Å²) in [6, 6.07) is -0.463. The smallest absolute Gasteiger partial charge is 0.109 e. The Balaban J connectivity index is 2.60. The largest absolute Gasteiger partial charge is 0.395 e. The van der Waals surface area contributed by atoms with Gasteiger partial charge in [-0.3, -0.25) is 4.90 Å². The maximum atomic E-state index is 9.67. The summed E-state index contributed by atoms with van der Waals surface area (Å²) in [5, 5.41) is 37.8. The highest BCUT2D eigenvalue weighted by atomic mass is 16.4. The van der Waals surface area contributed by atoms with Crippen LogP contribution >= 0.6 is 0 Å². The van der Waals surface area contributed by atoms with Gasteiger partial charge >= 0.3 is 0 Å². The van der Waals surface area contributed by atoms with Gasteiger partial charge in [0.1, 0.15) is 12.2 Å². The van der Waals surface area contributed by atoms with Crippen molar-refractivity contribution >= 4 is 0 Å². The van der Waals surface area contributed by atoms with E-state index in [1.54, 1.807) is 0 Å². The molecule has 1 aliphatic rings. The summed E-state index contributed by atoms with van der Waals surface area (Å²) in [5.74, 6) is 0. The molecule has 5 heteroatoms. The van der Waals surface area contributed by atoms with Gasteiger partial charge in [0.2, 0.25) is 0 Å². The normalized spacial score (nSPS) is 38.2. The summed E-state index contributed by atoms with van der Waals surface area (Å²) in [6.45, 7) is 2.89. The molecule has 1 rings (SSSR count). The predicted molar refractivity (Wildman–Crippen MR) is 55.4 cm³/mol. The van der Waals surface area contributed by atoms with Crippen molar-refractivity contribution in [2.45, 2.75) is 44.1 Å². The summed E-state index contributed by atoms with van der Waals surface area (Å²) in [7, 11) is 0. The molecule has 4 atom stereocenters. The molecule has 1 saturated heterocycles. The van der Waals surface area contributed by atoms with E-state index in [1.807, 2.05) is 4.90 Å². The first-order valence-corrected chi connectivity index (χ1v) is 5.51. The van der Waals surface area contributed by atoms with Crippen molar-refractivity contribution in [2.75, 3.05) is 19.7 Å². The van der Waals surface area contributed by atoms with Gasteiger partial charge in [-0.25, -0.2) is 0 Å². The van der Waals surface area contributed by atoms with E-state index < -0.39 is 24.4 Å². The molecule has 1 heterocycles. The number of aliphatic hydroxyl groups excluding tert-OH is 4. The molecular weight excluding hydrogens is 198 g/mol. The highest BCUT2D eigenvalue weighted by Gasteiger charge is 2.40. The van der Waals surface area contributed by atoms with Gasteiger partial charge in [0.25, 0.3) is 0 Å². The van der Waals surface area contributed by atoms with E-state index in [1.165, 1.54) is 0 Å². The second kappa shape index (κ2) is 5.77. The van der Waals surface area contributed by atoms with Crippen LogP contribution in [-0.2, 0) is 0 Å². The molecule has 0 spiro atoms. The maximum absolute atomic E-state index is 9.67. The van der Waals surface area contributed by atoms with Crippen LogP contribution in [0, 0.1) is 0 Å². The minimum Gasteiger partial charge on any atom is -0.395 e. The summed E-state index contributed by atoms with van der Waals surface area (Å²) < 4.78 is 0. The lowest BCUT2D eigenvalue weighted by Crippen LogP contribution is -2.62. The van der Waals surface area contributed by atoms with Gasteiger partial charge < -0.3 is 20.4 Å². The Labute approximate surface area is 90.0 Å². The first-order chi connectivity index (χ1) is 7.11. The molecule has 90 valence electrons. The third kappa shape index (κ3) is 2.89. The minimum absolute atomic E-state index is 0.200. The van der Waals surface area contributed by atoms with Crippen molar-refractivity contribution in [1.82, 2.24) is 4.90 Å². The van der Waals surface area contributed by atoms with E-state index in [-0.39, 0.29) is 6.61 Å². The van der Waals surface area contributed by atoms with Gasteiger partial charge in [0, 0.05) is 6.54 Å². The molecule has 0 saturated carbocycles. The van der Waals surface area contributed by atoms with E-state index >= 15 is 0 Å². The van der Waals surface area contributed by atoms with Gasteiger partial charge in [0.15, 0.2) is 0 Å². The summed E-state index contributed by atoms with van der Waals surface area (Å²) in [4.78, 5) is 1.84. The van der Waals surface area contributed by atoms with Crippen molar-refractivity contribution in [2.24, 2.45) is 0 Å². The first-order valence-electron chi connectivity index (χ1n) is 5.51. The highest BCUT2D eigenvalue weighted by Crippen LogP contribution is 2.19. The van der Waals surface area contributed by atoms with Gasteiger partial charge in [-0.15, -0.1) is 0 Å². The monoisotopic (exact) mass is 219 g/mol. The number of nitrogens with zero attached hydrogens (tertiary/aromatic N) is 1. The zero-order valence-electron chi connectivity index (χ0n) is 9.08. The fourth-order valence-electron chi connectivity index (χ4n) is 2.00. The third-order valence-corrected chi connectivity index (χ3v) is 3.01. The minimum atomic E-state index is -1.15. The average molecular weight is 219 g/mol. The van der Waals surface area contributed by atoms with Crippen molar-refractivity contribution in [3.8, 4) is 0 Å². The molecule has 0 radical (unpaired) electrons. The summed E-state index contributed by atoms with van der Waals surface area (Å²) >= 11 is 0. The van der Waals surface area contributed by atoms with Crippen molar-refractivity contribution in [3.05, 3.63) is 0 Å². The second-order valence-corrected chi connectivity index (χ2v) is 4.15. The molecule has 0 unspecified atom stereocenters. The van der Waals surface area contributed by atoms with Gasteiger partial charge in [-0.1, -0.05) is 13.3 Å². The highest BCUT2D eigenvalue weighted by molar-refractivity contribution is 4.93. The topological polar surface area (TPSA) is 84.2 Å². The van der Waals surface area contributed by atoms with Crippen LogP contribution in [0.25, 0.3) is 0 Å². The Morgan fingerprint density at radius 3 is 2.40 bits per heavy atom. The molecule has 4 N–H and O–H groups in total. The Hall–Kier alpha value is -0.200. The molecule has 0 aromatic heterocycles. The lowest BCUT2D eigenvalue weighted by molar-refractivity contribution is -0.145. The van der Waals surface area contributed by atoms with E-state index in [4.69, 9.17) is 5.11 Å². The quantitative estimate of drug-likeness (QED) is 0.465. The molecule has 0 bridgehead atoms. The van der Waals surface area contributed by atoms with Crippen LogP contribution in [-0.4, -0.2) is 69.4 Å². The second-order valence-electron chi connectivity index (χ2n) is 4.15. The van der Waals surface area contributed by atoms with Crippen molar-refractivity contribution in [3.63, 3.8) is 0 Å². The average Bonchev–Trinajstić information content (AvgIpc) is 2.23. The van der Waals surface area contributed by atoms with Gasteiger partial charge in [-0.2, -0.15) is 0 Å². The van der Waals surface area contributed by atoms with Crippen LogP contribution in [0.5, 0.6) is 0 Å². The lowest BCUT2D eigenvalue weighted by Gasteiger charge is -2.43. The van der Waals surface area contributed by atoms with Crippen molar-refractivity contribution in [1.29, 1.82) is 0 Å². The number of unbranched alkanes of at least 4 members (excludes halogenated alkanes) is 1. The number of aliphatic hydroxyl groups is 4. The van der Waals surface area contributed by atoms with Crippen molar-refractivity contribution < 1.29 is 20.4 Å². The molecule has 0 aliphatic carbocycles. The Bertz CT molecular complexity index is 190. The molecule has 0 aromatic rings. The Morgan fingerprint density at radius 2 is 1.87 bits per heavy atom. The molecular formula is C10H21NO4. The fraction of sp³-hybridized carbons (Fsp3) is 1.00. The molecule has 1 fully saturated rings. The molecule has 1 aliphatic heterocycles. The van der Waals surface area contributed by atoms with E-state index in [2.05, 4.69) is 6.92 Å². The van der Waals surface area contributed by atoms with Gasteiger partial charge in [0.05, 0.1) is 18.8 Å². The third-order valence-electron chi connectivity index (χ3n) is 3.01. The number of piperidine rings is 1. The molecule has 0 aromatic carbocycles. The van der Waals surface area contributed by atoms with E-state index in [0.717, 1.165) is 19.4 Å². The lowest BCUT2D eigenvalue weighted by atomic mass is 9.94. The standard InChI is InChI=1S/C10H21NO4/c1-2-3-4-11-5-8(13)10(15)9(14)7(11)6-12/h7-10,12-15H,2-6H2,1H3/t7-,8+,9+,10-/m0/s1. The van der Waals surface area contributed by atoms with E-state index in [0.29, 0.717) is 6.54 Å². The Kier molecular flexibility index (Phi) is 4.95. The maximum Gasteiger partial charge on any atom is 0.109 e. The van der Waals surface area contributed by atoms with E-state index in [9.17, 15) is 15.3 Å². The fourth-order valence-corrected chi connectivity index (χ4v) is 2.00. The number of hydrogen-bond donors (Lipinski definition) is 4.